The van der Waals surface area contributed by atoms with Gasteiger partial charge in [-0.2, -0.15) is 0 Å². The molecule has 3 fully saturated rings. The van der Waals surface area contributed by atoms with E-state index in [1.165, 1.54) is 4.90 Å². The molecule has 1 N–H and O–H groups in total. The number of nitrogens with one attached hydrogen (secondary N) is 1. The molecule has 4 heterocycles. The van der Waals surface area contributed by atoms with Crippen molar-refractivity contribution in [2.45, 2.75) is 37.8 Å². The van der Waals surface area contributed by atoms with E-state index in [2.05, 4.69) is 17.1 Å². The molecule has 0 aromatic heterocycles. The zero-order valence-corrected chi connectivity index (χ0v) is 17.9. The molecule has 158 valence electrons. The molecule has 0 unspecified atom stereocenters. The highest BCUT2D eigenvalue weighted by molar-refractivity contribution is 6.31. The van der Waals surface area contributed by atoms with Gasteiger partial charge in [0.2, 0.25) is 17.7 Å². The van der Waals surface area contributed by atoms with E-state index in [-0.39, 0.29) is 23.8 Å². The third-order valence-electron chi connectivity index (χ3n) is 7.55. The number of hydrogen-bond donors (Lipinski definition) is 1. The Morgan fingerprint density at radius 2 is 1.87 bits per heavy atom. The van der Waals surface area contributed by atoms with Crippen LogP contribution in [0, 0.1) is 11.8 Å². The van der Waals surface area contributed by atoms with Crippen LogP contribution in [0.1, 0.15) is 30.9 Å². The van der Waals surface area contributed by atoms with Crippen molar-refractivity contribution in [3.63, 3.8) is 0 Å². The molecule has 4 aliphatic rings. The summed E-state index contributed by atoms with van der Waals surface area (Å²) in [5.74, 6) is -1.94. The molecule has 6 nitrogen and oxygen atoms in total. The van der Waals surface area contributed by atoms with E-state index in [1.807, 2.05) is 18.2 Å². The lowest BCUT2D eigenvalue weighted by molar-refractivity contribution is -0.135. The first kappa shape index (κ1) is 19.0. The number of halogens is 1. The second kappa shape index (κ2) is 6.40. The van der Waals surface area contributed by atoms with Gasteiger partial charge in [-0.15, -0.1) is 0 Å². The van der Waals surface area contributed by atoms with Crippen LogP contribution in [0.2, 0.25) is 5.02 Å². The van der Waals surface area contributed by atoms with Crippen LogP contribution in [0.5, 0.6) is 0 Å². The fourth-order valence-electron chi connectivity index (χ4n) is 6.31. The van der Waals surface area contributed by atoms with E-state index in [1.54, 1.807) is 24.3 Å². The van der Waals surface area contributed by atoms with Crippen LogP contribution in [0.3, 0.4) is 0 Å². The lowest BCUT2D eigenvalue weighted by Crippen LogP contribution is -2.54. The van der Waals surface area contributed by atoms with E-state index < -0.39 is 17.4 Å². The second-order valence-electron chi connectivity index (χ2n) is 8.85. The number of benzene rings is 2. The predicted molar refractivity (Wildman–Crippen MR) is 117 cm³/mol. The SMILES string of the molecule is CCc1ccc2c(c1)[C@]1(C(=O)N2)[C@@H]2C(=O)N(c3ccc(Cl)cc3)C(=O)[C@H]2[C@H]2CCCN21. The normalized spacial score (nSPS) is 31.4. The summed E-state index contributed by atoms with van der Waals surface area (Å²) < 4.78 is 0. The third-order valence-corrected chi connectivity index (χ3v) is 7.80. The summed E-state index contributed by atoms with van der Waals surface area (Å²) in [6, 6.07) is 12.6. The van der Waals surface area contributed by atoms with Crippen LogP contribution >= 0.6 is 11.6 Å². The highest BCUT2D eigenvalue weighted by Gasteiger charge is 2.74. The molecule has 7 heteroatoms. The van der Waals surface area contributed by atoms with E-state index in [0.717, 1.165) is 36.1 Å². The van der Waals surface area contributed by atoms with Crippen LogP contribution in [-0.4, -0.2) is 35.2 Å². The molecule has 3 amide bonds. The van der Waals surface area contributed by atoms with Gasteiger partial charge in [0, 0.05) is 22.3 Å². The molecule has 1 spiro atoms. The number of fused-ring (bicyclic) bond motifs is 7. The highest BCUT2D eigenvalue weighted by Crippen LogP contribution is 2.60. The Morgan fingerprint density at radius 1 is 1.10 bits per heavy atom. The van der Waals surface area contributed by atoms with Crippen molar-refractivity contribution < 1.29 is 14.4 Å². The number of anilines is 2. The molecule has 3 saturated heterocycles. The van der Waals surface area contributed by atoms with E-state index >= 15 is 0 Å². The van der Waals surface area contributed by atoms with Crippen molar-refractivity contribution in [3.05, 3.63) is 58.6 Å². The van der Waals surface area contributed by atoms with Crippen LogP contribution < -0.4 is 10.2 Å². The molecule has 31 heavy (non-hydrogen) atoms. The smallest absolute Gasteiger partial charge is 0.250 e. The maximum atomic E-state index is 13.9. The summed E-state index contributed by atoms with van der Waals surface area (Å²) in [5, 5.41) is 3.56. The third kappa shape index (κ3) is 2.24. The minimum absolute atomic E-state index is 0.110. The predicted octanol–water partition coefficient (Wildman–Crippen LogP) is 3.33. The number of hydrogen-bond acceptors (Lipinski definition) is 4. The quantitative estimate of drug-likeness (QED) is 0.734. The van der Waals surface area contributed by atoms with Gasteiger partial charge in [-0.05, 0) is 61.7 Å². The average molecular weight is 436 g/mol. The minimum Gasteiger partial charge on any atom is -0.324 e. The Kier molecular flexibility index (Phi) is 3.93. The van der Waals surface area contributed by atoms with Gasteiger partial charge >= 0.3 is 0 Å². The Hall–Kier alpha value is -2.70. The number of carbonyl (C=O) groups is 3. The maximum absolute atomic E-state index is 13.9. The van der Waals surface area contributed by atoms with Crippen LogP contribution in [0.4, 0.5) is 11.4 Å². The van der Waals surface area contributed by atoms with Gasteiger partial charge in [0.25, 0.3) is 0 Å². The van der Waals surface area contributed by atoms with Gasteiger partial charge in [-0.25, -0.2) is 4.90 Å². The number of nitrogens with zero attached hydrogens (tertiary/aromatic N) is 2. The Balaban J connectivity index is 1.55. The summed E-state index contributed by atoms with van der Waals surface area (Å²) in [4.78, 5) is 44.5. The lowest BCUT2D eigenvalue weighted by atomic mass is 9.75. The van der Waals surface area contributed by atoms with Gasteiger partial charge in [0.15, 0.2) is 0 Å². The number of aryl methyl sites for hydroxylation is 1. The summed E-state index contributed by atoms with van der Waals surface area (Å²) in [6.07, 6.45) is 2.56. The Bertz CT molecular complexity index is 1150. The van der Waals surface area contributed by atoms with Gasteiger partial charge < -0.3 is 5.32 Å². The molecule has 0 saturated carbocycles. The maximum Gasteiger partial charge on any atom is 0.250 e. The average Bonchev–Trinajstić information content (AvgIpc) is 3.47. The van der Waals surface area contributed by atoms with Gasteiger partial charge in [0.05, 0.1) is 17.5 Å². The molecule has 4 atom stereocenters. The molecule has 2 aromatic carbocycles. The Labute approximate surface area is 185 Å². The van der Waals surface area contributed by atoms with Crippen LogP contribution in [-0.2, 0) is 26.3 Å². The number of rotatable bonds is 2. The van der Waals surface area contributed by atoms with E-state index in [4.69, 9.17) is 11.6 Å². The van der Waals surface area contributed by atoms with Crippen LogP contribution in [0.25, 0.3) is 0 Å². The van der Waals surface area contributed by atoms with Crippen molar-refractivity contribution in [1.29, 1.82) is 0 Å². The summed E-state index contributed by atoms with van der Waals surface area (Å²) in [5.41, 5.74) is 2.09. The van der Waals surface area contributed by atoms with Crippen molar-refractivity contribution in [2.75, 3.05) is 16.8 Å². The molecule has 4 aliphatic heterocycles. The molecule has 2 aromatic rings. The van der Waals surface area contributed by atoms with Gasteiger partial charge in [-0.3, -0.25) is 19.3 Å². The lowest BCUT2D eigenvalue weighted by Gasteiger charge is -2.36. The molecule has 6 rings (SSSR count). The number of amides is 3. The van der Waals surface area contributed by atoms with Crippen molar-refractivity contribution >= 4 is 40.7 Å². The summed E-state index contributed by atoms with van der Waals surface area (Å²) in [6.45, 7) is 2.78. The van der Waals surface area contributed by atoms with Crippen molar-refractivity contribution in [3.8, 4) is 0 Å². The highest BCUT2D eigenvalue weighted by atomic mass is 35.5. The molecule has 0 radical (unpaired) electrons. The molecule has 0 bridgehead atoms. The summed E-state index contributed by atoms with van der Waals surface area (Å²) in [7, 11) is 0. The van der Waals surface area contributed by atoms with E-state index in [0.29, 0.717) is 17.3 Å². The van der Waals surface area contributed by atoms with Crippen molar-refractivity contribution in [2.24, 2.45) is 11.8 Å². The fourth-order valence-corrected chi connectivity index (χ4v) is 6.44. The molecular formula is C24H22ClN3O3. The monoisotopic (exact) mass is 435 g/mol. The topological polar surface area (TPSA) is 69.7 Å². The standard InChI is InChI=1S/C24H22ClN3O3/c1-2-13-5-10-17-16(12-13)24(23(31)26-17)20-19(18-4-3-11-27(18)24)21(29)28(22(20)30)15-8-6-14(25)7-9-15/h5-10,12,18-20H,2-4,11H2,1H3,(H,26,31)/t18-,19+,20+,24-/m1/s1. The second-order valence-corrected chi connectivity index (χ2v) is 9.29. The first-order valence-corrected chi connectivity index (χ1v) is 11.2. The molecular weight excluding hydrogens is 414 g/mol. The number of carbonyl (C=O) groups excluding carboxylic acids is 3. The first-order valence-electron chi connectivity index (χ1n) is 10.8. The van der Waals surface area contributed by atoms with Crippen LogP contribution in [0.15, 0.2) is 42.5 Å². The van der Waals surface area contributed by atoms with Crippen molar-refractivity contribution in [1.82, 2.24) is 4.90 Å². The summed E-state index contributed by atoms with van der Waals surface area (Å²) >= 11 is 6.01. The van der Waals surface area contributed by atoms with Gasteiger partial charge in [0.1, 0.15) is 5.54 Å². The minimum atomic E-state index is -1.12. The Morgan fingerprint density at radius 3 is 2.61 bits per heavy atom. The molecule has 0 aliphatic carbocycles. The largest absolute Gasteiger partial charge is 0.324 e. The zero-order chi connectivity index (χ0) is 21.5. The zero-order valence-electron chi connectivity index (χ0n) is 17.1. The van der Waals surface area contributed by atoms with E-state index in [9.17, 15) is 14.4 Å². The fraction of sp³-hybridized carbons (Fsp3) is 0.375. The van der Waals surface area contributed by atoms with Gasteiger partial charge in [-0.1, -0.05) is 30.7 Å². The number of imide groups is 1. The first-order chi connectivity index (χ1) is 15.0.